The minimum atomic E-state index is 0. The van der Waals surface area contributed by atoms with Crippen molar-refractivity contribution in [2.75, 3.05) is 57.9 Å². The molecule has 1 aromatic carbocycles. The fourth-order valence-corrected chi connectivity index (χ4v) is 2.88. The Morgan fingerprint density at radius 2 is 1.88 bits per heavy atom. The second-order valence-corrected chi connectivity index (χ2v) is 6.73. The van der Waals surface area contributed by atoms with Crippen LogP contribution in [0, 0.1) is 5.92 Å². The number of aliphatic imine (C=N–C) groups is 1. The molecule has 1 aliphatic rings. The minimum Gasteiger partial charge on any atom is -0.506 e. The maximum Gasteiger partial charge on any atom is 0.193 e. The van der Waals surface area contributed by atoms with Gasteiger partial charge in [0.1, 0.15) is 5.75 Å². The van der Waals surface area contributed by atoms with Crippen molar-refractivity contribution in [3.63, 3.8) is 0 Å². The van der Waals surface area contributed by atoms with Crippen molar-refractivity contribution in [2.45, 2.75) is 20.3 Å². The first-order chi connectivity index (χ1) is 12.1. The van der Waals surface area contributed by atoms with Crippen molar-refractivity contribution in [1.29, 1.82) is 0 Å². The molecule has 0 bridgehead atoms. The number of phenols is 1. The summed E-state index contributed by atoms with van der Waals surface area (Å²) in [6.07, 6.45) is 1.10. The lowest BCUT2D eigenvalue weighted by Gasteiger charge is -2.37. The summed E-state index contributed by atoms with van der Waals surface area (Å²) >= 11 is 0. The van der Waals surface area contributed by atoms with E-state index in [9.17, 15) is 5.11 Å². The van der Waals surface area contributed by atoms with Gasteiger partial charge in [-0.25, -0.2) is 0 Å². The van der Waals surface area contributed by atoms with Gasteiger partial charge in [0.15, 0.2) is 5.96 Å². The first-order valence-electron chi connectivity index (χ1n) is 9.18. The number of anilines is 1. The first kappa shape index (κ1) is 22.8. The van der Waals surface area contributed by atoms with Gasteiger partial charge in [0.25, 0.3) is 0 Å². The van der Waals surface area contributed by atoms with E-state index in [0.717, 1.165) is 57.4 Å². The molecule has 0 saturated carbocycles. The van der Waals surface area contributed by atoms with E-state index in [2.05, 4.69) is 34.0 Å². The maximum atomic E-state index is 10.00. The number of halogens is 1. The van der Waals surface area contributed by atoms with E-state index >= 15 is 0 Å². The highest BCUT2D eigenvalue weighted by molar-refractivity contribution is 14.0. The van der Waals surface area contributed by atoms with Gasteiger partial charge in [0, 0.05) is 46.4 Å². The molecule has 7 heteroatoms. The number of ether oxygens (including phenoxy) is 1. The fraction of sp³-hybridized carbons (Fsp3) is 0.632. The van der Waals surface area contributed by atoms with Crippen LogP contribution < -0.4 is 10.2 Å². The number of nitrogens with one attached hydrogen (secondary N) is 1. The Hall–Kier alpha value is -1.22. The van der Waals surface area contributed by atoms with Gasteiger partial charge in [0.05, 0.1) is 12.3 Å². The lowest BCUT2D eigenvalue weighted by molar-refractivity contribution is 0.127. The highest BCUT2D eigenvalue weighted by Crippen LogP contribution is 2.27. The quantitative estimate of drug-likeness (QED) is 0.274. The van der Waals surface area contributed by atoms with Crippen LogP contribution in [0.3, 0.4) is 0 Å². The molecule has 6 nitrogen and oxygen atoms in total. The smallest absolute Gasteiger partial charge is 0.193 e. The zero-order valence-corrected chi connectivity index (χ0v) is 18.5. The van der Waals surface area contributed by atoms with Crippen LogP contribution in [0.25, 0.3) is 0 Å². The normalized spacial score (nSPS) is 15.2. The van der Waals surface area contributed by atoms with Crippen LogP contribution in [-0.2, 0) is 4.74 Å². The third-order valence-electron chi connectivity index (χ3n) is 4.38. The van der Waals surface area contributed by atoms with Crippen molar-refractivity contribution in [3.05, 3.63) is 24.3 Å². The Kier molecular flexibility index (Phi) is 10.7. The monoisotopic (exact) mass is 476 g/mol. The van der Waals surface area contributed by atoms with E-state index in [4.69, 9.17) is 4.74 Å². The van der Waals surface area contributed by atoms with E-state index < -0.39 is 0 Å². The van der Waals surface area contributed by atoms with Crippen molar-refractivity contribution in [1.82, 2.24) is 10.2 Å². The number of hydrogen-bond donors (Lipinski definition) is 2. The van der Waals surface area contributed by atoms with E-state index in [1.165, 1.54) is 0 Å². The van der Waals surface area contributed by atoms with Crippen LogP contribution in [0.1, 0.15) is 20.3 Å². The zero-order valence-electron chi connectivity index (χ0n) is 16.1. The molecule has 1 saturated heterocycles. The summed E-state index contributed by atoms with van der Waals surface area (Å²) in [5, 5.41) is 13.4. The average Bonchev–Trinajstić information content (AvgIpc) is 2.62. The number of phenolic OH excluding ortho intramolecular Hbond substituents is 1. The molecule has 0 aliphatic carbocycles. The number of guanidine groups is 1. The average molecular weight is 476 g/mol. The van der Waals surface area contributed by atoms with Crippen molar-refractivity contribution < 1.29 is 9.84 Å². The van der Waals surface area contributed by atoms with Crippen LogP contribution >= 0.6 is 24.0 Å². The van der Waals surface area contributed by atoms with Crippen molar-refractivity contribution in [3.8, 4) is 5.75 Å². The first-order valence-corrected chi connectivity index (χ1v) is 9.18. The molecule has 0 aromatic heterocycles. The summed E-state index contributed by atoms with van der Waals surface area (Å²) in [6, 6.07) is 7.51. The van der Waals surface area contributed by atoms with Gasteiger partial charge in [-0.05, 0) is 24.5 Å². The summed E-state index contributed by atoms with van der Waals surface area (Å²) in [4.78, 5) is 8.85. The number of aromatic hydroxyl groups is 1. The minimum absolute atomic E-state index is 0. The fourth-order valence-electron chi connectivity index (χ4n) is 2.88. The SMILES string of the molecule is CN=C(NCCOCCC(C)C)N1CCN(c2ccccc2O)CC1.I. The molecule has 2 N–H and O–H groups in total. The van der Waals surface area contributed by atoms with Crippen LogP contribution in [0.5, 0.6) is 5.75 Å². The second-order valence-electron chi connectivity index (χ2n) is 6.73. The Bertz CT molecular complexity index is 546. The van der Waals surface area contributed by atoms with Gasteiger partial charge in [-0.3, -0.25) is 4.99 Å². The molecule has 0 spiro atoms. The van der Waals surface area contributed by atoms with E-state index in [1.807, 2.05) is 25.2 Å². The third-order valence-corrected chi connectivity index (χ3v) is 4.38. The lowest BCUT2D eigenvalue weighted by Crippen LogP contribution is -2.53. The Morgan fingerprint density at radius 1 is 1.19 bits per heavy atom. The highest BCUT2D eigenvalue weighted by Gasteiger charge is 2.21. The summed E-state index contributed by atoms with van der Waals surface area (Å²) < 4.78 is 5.64. The molecule has 1 aromatic rings. The molecule has 0 atom stereocenters. The van der Waals surface area contributed by atoms with Gasteiger partial charge in [-0.2, -0.15) is 0 Å². The number of piperazine rings is 1. The summed E-state index contributed by atoms with van der Waals surface area (Å²) in [6.45, 7) is 10.2. The molecule has 2 rings (SSSR count). The molecular formula is C19H33IN4O2. The predicted molar refractivity (Wildman–Crippen MR) is 119 cm³/mol. The lowest BCUT2D eigenvalue weighted by atomic mass is 10.1. The van der Waals surface area contributed by atoms with Gasteiger partial charge in [-0.1, -0.05) is 26.0 Å². The Labute approximate surface area is 174 Å². The summed E-state index contributed by atoms with van der Waals surface area (Å²) in [5.41, 5.74) is 0.906. The number of hydrogen-bond acceptors (Lipinski definition) is 4. The molecule has 0 amide bonds. The molecule has 148 valence electrons. The second kappa shape index (κ2) is 12.2. The summed E-state index contributed by atoms with van der Waals surface area (Å²) in [7, 11) is 1.82. The Balaban J connectivity index is 0.00000338. The summed E-state index contributed by atoms with van der Waals surface area (Å²) in [5.74, 6) is 1.95. The van der Waals surface area contributed by atoms with Gasteiger partial charge >= 0.3 is 0 Å². The van der Waals surface area contributed by atoms with Gasteiger partial charge in [-0.15, -0.1) is 24.0 Å². The molecular weight excluding hydrogens is 443 g/mol. The number of rotatable bonds is 7. The van der Waals surface area contributed by atoms with Crippen LogP contribution in [-0.4, -0.2) is 69.0 Å². The predicted octanol–water partition coefficient (Wildman–Crippen LogP) is 2.77. The van der Waals surface area contributed by atoms with E-state index in [-0.39, 0.29) is 24.0 Å². The van der Waals surface area contributed by atoms with E-state index in [0.29, 0.717) is 18.3 Å². The van der Waals surface area contributed by atoms with Crippen LogP contribution in [0.4, 0.5) is 5.69 Å². The number of para-hydroxylation sites is 2. The number of benzene rings is 1. The Morgan fingerprint density at radius 3 is 2.50 bits per heavy atom. The van der Waals surface area contributed by atoms with Crippen molar-refractivity contribution in [2.24, 2.45) is 10.9 Å². The van der Waals surface area contributed by atoms with Crippen LogP contribution in [0.2, 0.25) is 0 Å². The van der Waals surface area contributed by atoms with Crippen LogP contribution in [0.15, 0.2) is 29.3 Å². The largest absolute Gasteiger partial charge is 0.506 e. The standard InChI is InChI=1S/C19H32N4O2.HI/c1-16(2)8-14-25-15-9-21-19(20-3)23-12-10-22(11-13-23)17-6-4-5-7-18(17)24;/h4-7,16,24H,8-15H2,1-3H3,(H,20,21);1H. The van der Waals surface area contributed by atoms with E-state index in [1.54, 1.807) is 6.07 Å². The topological polar surface area (TPSA) is 60.3 Å². The molecule has 0 unspecified atom stereocenters. The molecule has 26 heavy (non-hydrogen) atoms. The highest BCUT2D eigenvalue weighted by atomic mass is 127. The molecule has 1 fully saturated rings. The molecule has 1 aliphatic heterocycles. The zero-order chi connectivity index (χ0) is 18.1. The van der Waals surface area contributed by atoms with Gasteiger partial charge < -0.3 is 25.0 Å². The molecule has 1 heterocycles. The third kappa shape index (κ3) is 7.19. The maximum absolute atomic E-state index is 10.00. The van der Waals surface area contributed by atoms with Crippen molar-refractivity contribution >= 4 is 35.6 Å². The number of nitrogens with zero attached hydrogens (tertiary/aromatic N) is 3. The molecule has 0 radical (unpaired) electrons. The van der Waals surface area contributed by atoms with Gasteiger partial charge in [0.2, 0.25) is 0 Å².